The number of hydrogen-bond donors (Lipinski definition) is 1. The van der Waals surface area contributed by atoms with Crippen molar-refractivity contribution >= 4 is 23.1 Å². The number of nitrogens with one attached hydrogen (secondary N) is 1. The predicted octanol–water partition coefficient (Wildman–Crippen LogP) is 2.80. The van der Waals surface area contributed by atoms with E-state index in [9.17, 15) is 4.79 Å². The Morgan fingerprint density at radius 3 is 2.68 bits per heavy atom. The zero-order valence-corrected chi connectivity index (χ0v) is 16.3. The first-order chi connectivity index (χ1) is 13.7. The molecule has 1 unspecified atom stereocenters. The van der Waals surface area contributed by atoms with Crippen LogP contribution in [0.1, 0.15) is 30.3 Å². The zero-order valence-electron chi connectivity index (χ0n) is 16.3. The Morgan fingerprint density at radius 1 is 1.11 bits per heavy atom. The number of rotatable bonds is 4. The second-order valence-corrected chi connectivity index (χ2v) is 7.52. The van der Waals surface area contributed by atoms with Crippen molar-refractivity contribution in [3.8, 4) is 0 Å². The molecule has 1 amide bonds. The summed E-state index contributed by atoms with van der Waals surface area (Å²) in [6, 6.07) is 7.84. The summed E-state index contributed by atoms with van der Waals surface area (Å²) in [7, 11) is 0. The minimum absolute atomic E-state index is 0.244. The molecule has 0 bridgehead atoms. The van der Waals surface area contributed by atoms with E-state index in [1.54, 1.807) is 12.4 Å². The molecule has 0 saturated carbocycles. The van der Waals surface area contributed by atoms with Crippen LogP contribution in [0.5, 0.6) is 0 Å². The second kappa shape index (κ2) is 8.56. The summed E-state index contributed by atoms with van der Waals surface area (Å²) in [4.78, 5) is 26.0. The number of morpholine rings is 1. The van der Waals surface area contributed by atoms with Crippen LogP contribution in [0, 0.1) is 5.92 Å². The molecular formula is C21H27N5O2. The summed E-state index contributed by atoms with van der Waals surface area (Å²) in [5.41, 5.74) is 2.11. The number of hydrogen-bond acceptors (Lipinski definition) is 6. The number of carbonyl (C=O) groups excluding carboxylic acids is 1. The van der Waals surface area contributed by atoms with Crippen LogP contribution in [-0.2, 0) is 4.74 Å². The summed E-state index contributed by atoms with van der Waals surface area (Å²) in [6.07, 6.45) is 5.71. The Labute approximate surface area is 165 Å². The average Bonchev–Trinajstić information content (AvgIpc) is 2.75. The summed E-state index contributed by atoms with van der Waals surface area (Å²) in [5.74, 6) is 1.26. The molecule has 2 aliphatic rings. The molecule has 2 saturated heterocycles. The van der Waals surface area contributed by atoms with Gasteiger partial charge in [0, 0.05) is 26.2 Å². The molecule has 1 aromatic carbocycles. The predicted molar refractivity (Wildman–Crippen MR) is 110 cm³/mol. The van der Waals surface area contributed by atoms with Crippen LogP contribution < -0.4 is 15.1 Å². The van der Waals surface area contributed by atoms with Gasteiger partial charge < -0.3 is 19.9 Å². The fraction of sp³-hybridized carbons (Fsp3) is 0.476. The molecule has 4 rings (SSSR count). The molecule has 2 aliphatic heterocycles. The first-order valence-electron chi connectivity index (χ1n) is 10.0. The molecule has 2 aromatic rings. The topological polar surface area (TPSA) is 70.6 Å². The lowest BCUT2D eigenvalue weighted by Crippen LogP contribution is -2.36. The zero-order chi connectivity index (χ0) is 19.3. The monoisotopic (exact) mass is 381 g/mol. The lowest BCUT2D eigenvalue weighted by atomic mass is 10.0. The Bertz CT molecular complexity index is 805. The van der Waals surface area contributed by atoms with E-state index in [2.05, 4.69) is 32.0 Å². The quantitative estimate of drug-likeness (QED) is 0.878. The summed E-state index contributed by atoms with van der Waals surface area (Å²) in [6.45, 7) is 7.28. The first-order valence-corrected chi connectivity index (χ1v) is 10.0. The van der Waals surface area contributed by atoms with Gasteiger partial charge in [-0.05, 0) is 30.9 Å². The minimum atomic E-state index is -0.244. The van der Waals surface area contributed by atoms with Gasteiger partial charge in [0.15, 0.2) is 0 Å². The minimum Gasteiger partial charge on any atom is -0.378 e. The molecule has 1 aromatic heterocycles. The highest BCUT2D eigenvalue weighted by atomic mass is 16.5. The fourth-order valence-corrected chi connectivity index (χ4v) is 3.84. The molecular weight excluding hydrogens is 354 g/mol. The standard InChI is InChI=1S/C21H27N5O2/c1-16-5-4-8-26(15-16)20-14-22-18(13-23-20)21(27)24-17-6-2-3-7-19(17)25-9-11-28-12-10-25/h2-3,6-7,13-14,16H,4-5,8-12,15H2,1H3,(H,24,27). The molecule has 2 fully saturated rings. The number of anilines is 3. The van der Waals surface area contributed by atoms with Gasteiger partial charge in [0.05, 0.1) is 37.0 Å². The summed E-state index contributed by atoms with van der Waals surface area (Å²) in [5, 5.41) is 2.99. The van der Waals surface area contributed by atoms with E-state index in [4.69, 9.17) is 4.74 Å². The maximum absolute atomic E-state index is 12.7. The van der Waals surface area contributed by atoms with Crippen LogP contribution >= 0.6 is 0 Å². The molecule has 0 aliphatic carbocycles. The SMILES string of the molecule is CC1CCCN(c2cnc(C(=O)Nc3ccccc3N3CCOCC3)cn2)C1. The van der Waals surface area contributed by atoms with Crippen LogP contribution in [0.3, 0.4) is 0 Å². The summed E-state index contributed by atoms with van der Waals surface area (Å²) >= 11 is 0. The molecule has 1 N–H and O–H groups in total. The smallest absolute Gasteiger partial charge is 0.275 e. The number of carbonyl (C=O) groups is 1. The van der Waals surface area contributed by atoms with Crippen molar-refractivity contribution in [2.75, 3.05) is 54.5 Å². The van der Waals surface area contributed by atoms with Crippen LogP contribution in [0.15, 0.2) is 36.7 Å². The Morgan fingerprint density at radius 2 is 1.93 bits per heavy atom. The molecule has 148 valence electrons. The van der Waals surface area contributed by atoms with Crippen molar-refractivity contribution in [2.24, 2.45) is 5.92 Å². The van der Waals surface area contributed by atoms with Crippen molar-refractivity contribution in [3.05, 3.63) is 42.4 Å². The maximum Gasteiger partial charge on any atom is 0.275 e. The van der Waals surface area contributed by atoms with Gasteiger partial charge in [-0.25, -0.2) is 9.97 Å². The lowest BCUT2D eigenvalue weighted by Gasteiger charge is -2.31. The van der Waals surface area contributed by atoms with Crippen LogP contribution in [0.4, 0.5) is 17.2 Å². The first kappa shape index (κ1) is 18.7. The van der Waals surface area contributed by atoms with Gasteiger partial charge in [0.2, 0.25) is 0 Å². The van der Waals surface area contributed by atoms with E-state index in [-0.39, 0.29) is 5.91 Å². The molecule has 3 heterocycles. The third-order valence-electron chi connectivity index (χ3n) is 5.36. The third kappa shape index (κ3) is 4.25. The molecule has 7 heteroatoms. The van der Waals surface area contributed by atoms with Crippen molar-refractivity contribution < 1.29 is 9.53 Å². The van der Waals surface area contributed by atoms with Gasteiger partial charge in [0.1, 0.15) is 11.5 Å². The van der Waals surface area contributed by atoms with E-state index in [0.717, 1.165) is 43.4 Å². The molecule has 0 radical (unpaired) electrons. The molecule has 1 atom stereocenters. The number of piperidine rings is 1. The van der Waals surface area contributed by atoms with Gasteiger partial charge in [-0.3, -0.25) is 4.79 Å². The number of nitrogens with zero attached hydrogens (tertiary/aromatic N) is 4. The van der Waals surface area contributed by atoms with Gasteiger partial charge in [-0.2, -0.15) is 0 Å². The van der Waals surface area contributed by atoms with Crippen molar-refractivity contribution in [2.45, 2.75) is 19.8 Å². The number of para-hydroxylation sites is 2. The van der Waals surface area contributed by atoms with E-state index in [1.807, 2.05) is 24.3 Å². The highest BCUT2D eigenvalue weighted by molar-refractivity contribution is 6.04. The highest BCUT2D eigenvalue weighted by Gasteiger charge is 2.19. The Balaban J connectivity index is 1.45. The largest absolute Gasteiger partial charge is 0.378 e. The van der Waals surface area contributed by atoms with Gasteiger partial charge >= 0.3 is 0 Å². The highest BCUT2D eigenvalue weighted by Crippen LogP contribution is 2.27. The Kier molecular flexibility index (Phi) is 5.71. The van der Waals surface area contributed by atoms with Crippen LogP contribution in [0.25, 0.3) is 0 Å². The normalized spacial score (nSPS) is 20.1. The number of benzene rings is 1. The van der Waals surface area contributed by atoms with Gasteiger partial charge in [-0.1, -0.05) is 19.1 Å². The van der Waals surface area contributed by atoms with Gasteiger partial charge in [-0.15, -0.1) is 0 Å². The molecule has 7 nitrogen and oxygen atoms in total. The van der Waals surface area contributed by atoms with Crippen molar-refractivity contribution in [3.63, 3.8) is 0 Å². The van der Waals surface area contributed by atoms with Crippen molar-refractivity contribution in [1.29, 1.82) is 0 Å². The second-order valence-electron chi connectivity index (χ2n) is 7.52. The van der Waals surface area contributed by atoms with Crippen LogP contribution in [-0.4, -0.2) is 55.3 Å². The van der Waals surface area contributed by atoms with E-state index < -0.39 is 0 Å². The molecule has 28 heavy (non-hydrogen) atoms. The molecule has 0 spiro atoms. The average molecular weight is 381 g/mol. The van der Waals surface area contributed by atoms with E-state index in [0.29, 0.717) is 24.8 Å². The fourth-order valence-electron chi connectivity index (χ4n) is 3.84. The maximum atomic E-state index is 12.7. The number of ether oxygens (including phenoxy) is 1. The van der Waals surface area contributed by atoms with E-state index in [1.165, 1.54) is 12.8 Å². The Hall–Kier alpha value is -2.67. The summed E-state index contributed by atoms with van der Waals surface area (Å²) < 4.78 is 5.43. The third-order valence-corrected chi connectivity index (χ3v) is 5.36. The van der Waals surface area contributed by atoms with Gasteiger partial charge in [0.25, 0.3) is 5.91 Å². The lowest BCUT2D eigenvalue weighted by molar-refractivity contribution is 0.102. The van der Waals surface area contributed by atoms with Crippen molar-refractivity contribution in [1.82, 2.24) is 9.97 Å². The number of amides is 1. The van der Waals surface area contributed by atoms with Crippen LogP contribution in [0.2, 0.25) is 0 Å². The number of aromatic nitrogens is 2. The van der Waals surface area contributed by atoms with E-state index >= 15 is 0 Å².